The minimum atomic E-state index is -0.377. The molecule has 0 unspecified atom stereocenters. The number of nitrogens with zero attached hydrogens (tertiary/aromatic N) is 2. The third-order valence-electron chi connectivity index (χ3n) is 1.90. The second kappa shape index (κ2) is 5.86. The Morgan fingerprint density at radius 2 is 2.11 bits per heavy atom. The van der Waals surface area contributed by atoms with Crippen LogP contribution in [0.25, 0.3) is 0 Å². The summed E-state index contributed by atoms with van der Waals surface area (Å²) in [6.45, 7) is 6.05. The van der Waals surface area contributed by atoms with Gasteiger partial charge < -0.3 is 4.84 Å². The zero-order valence-electron chi connectivity index (χ0n) is 10.8. The van der Waals surface area contributed by atoms with Crippen LogP contribution in [0.15, 0.2) is 28.3 Å². The van der Waals surface area contributed by atoms with Crippen molar-refractivity contribution in [3.8, 4) is 0 Å². The van der Waals surface area contributed by atoms with E-state index in [4.69, 9.17) is 0 Å². The molecule has 0 aliphatic rings. The van der Waals surface area contributed by atoms with Crippen LogP contribution in [-0.4, -0.2) is 23.0 Å². The van der Waals surface area contributed by atoms with Gasteiger partial charge in [0.05, 0.1) is 16.0 Å². The van der Waals surface area contributed by atoms with E-state index in [1.807, 2.05) is 20.8 Å². The highest BCUT2D eigenvalue weighted by molar-refractivity contribution is 8.00. The standard InChI is InChI=1S/C12H16N2O3S/c1-12(2,3)18-11-6-5-9(8-13-17-4)7-10(11)14(15)16/h5-8H,1-4H3/b13-8-. The number of rotatable bonds is 4. The van der Waals surface area contributed by atoms with Gasteiger partial charge >= 0.3 is 0 Å². The topological polar surface area (TPSA) is 64.7 Å². The SMILES string of the molecule is CO/N=C\c1ccc(SC(C)(C)C)c([N+](=O)[O-])c1. The summed E-state index contributed by atoms with van der Waals surface area (Å²) in [5.74, 6) is 0. The summed E-state index contributed by atoms with van der Waals surface area (Å²) >= 11 is 1.47. The largest absolute Gasteiger partial charge is 0.399 e. The van der Waals surface area contributed by atoms with E-state index in [0.29, 0.717) is 10.5 Å². The van der Waals surface area contributed by atoms with Gasteiger partial charge in [0, 0.05) is 16.4 Å². The maximum Gasteiger partial charge on any atom is 0.283 e. The van der Waals surface area contributed by atoms with Crippen LogP contribution < -0.4 is 0 Å². The molecule has 1 rings (SSSR count). The third kappa shape index (κ3) is 4.37. The predicted molar refractivity (Wildman–Crippen MR) is 73.3 cm³/mol. The molecule has 0 saturated carbocycles. The van der Waals surface area contributed by atoms with E-state index in [2.05, 4.69) is 9.99 Å². The highest BCUT2D eigenvalue weighted by Gasteiger charge is 2.20. The molecule has 0 N–H and O–H groups in total. The molecule has 0 amide bonds. The molecule has 5 nitrogen and oxygen atoms in total. The molecular formula is C12H16N2O3S. The normalized spacial score (nSPS) is 11.8. The molecule has 0 spiro atoms. The molecule has 0 aliphatic carbocycles. The van der Waals surface area contributed by atoms with Gasteiger partial charge in [0.1, 0.15) is 7.11 Å². The van der Waals surface area contributed by atoms with E-state index in [1.54, 1.807) is 12.1 Å². The lowest BCUT2D eigenvalue weighted by Gasteiger charge is -2.17. The molecule has 98 valence electrons. The fraction of sp³-hybridized carbons (Fsp3) is 0.417. The zero-order valence-corrected chi connectivity index (χ0v) is 11.7. The Kier molecular flexibility index (Phi) is 4.72. The van der Waals surface area contributed by atoms with Crippen molar-refractivity contribution in [1.29, 1.82) is 0 Å². The first-order valence-electron chi connectivity index (χ1n) is 5.37. The van der Waals surface area contributed by atoms with Crippen molar-refractivity contribution in [2.75, 3.05) is 7.11 Å². The number of benzene rings is 1. The number of oxime groups is 1. The van der Waals surface area contributed by atoms with Gasteiger partial charge in [-0.25, -0.2) is 0 Å². The van der Waals surface area contributed by atoms with Crippen molar-refractivity contribution in [2.45, 2.75) is 30.4 Å². The van der Waals surface area contributed by atoms with Crippen molar-refractivity contribution in [3.63, 3.8) is 0 Å². The number of nitro groups is 1. The molecule has 0 heterocycles. The second-order valence-electron chi connectivity index (χ2n) is 4.62. The summed E-state index contributed by atoms with van der Waals surface area (Å²) in [7, 11) is 1.43. The molecule has 0 fully saturated rings. The first kappa shape index (κ1) is 14.5. The first-order valence-corrected chi connectivity index (χ1v) is 6.19. The lowest BCUT2D eigenvalue weighted by molar-refractivity contribution is -0.387. The van der Waals surface area contributed by atoms with Crippen molar-refractivity contribution in [1.82, 2.24) is 0 Å². The van der Waals surface area contributed by atoms with Crippen LogP contribution in [0.2, 0.25) is 0 Å². The van der Waals surface area contributed by atoms with Crippen molar-refractivity contribution in [3.05, 3.63) is 33.9 Å². The van der Waals surface area contributed by atoms with Gasteiger partial charge in [-0.2, -0.15) is 0 Å². The second-order valence-corrected chi connectivity index (χ2v) is 6.48. The van der Waals surface area contributed by atoms with Crippen molar-refractivity contribution in [2.24, 2.45) is 5.16 Å². The molecule has 6 heteroatoms. The lowest BCUT2D eigenvalue weighted by Crippen LogP contribution is -2.07. The van der Waals surface area contributed by atoms with Gasteiger partial charge in [-0.1, -0.05) is 32.0 Å². The third-order valence-corrected chi connectivity index (χ3v) is 3.08. The Bertz CT molecular complexity index is 467. The highest BCUT2D eigenvalue weighted by atomic mass is 32.2. The zero-order chi connectivity index (χ0) is 13.8. The number of hydrogen-bond acceptors (Lipinski definition) is 5. The number of thioether (sulfide) groups is 1. The van der Waals surface area contributed by atoms with Gasteiger partial charge in [0.25, 0.3) is 5.69 Å². The Morgan fingerprint density at radius 3 is 2.61 bits per heavy atom. The van der Waals surface area contributed by atoms with Crippen LogP contribution in [0, 0.1) is 10.1 Å². The summed E-state index contributed by atoms with van der Waals surface area (Å²) in [6, 6.07) is 5.02. The Morgan fingerprint density at radius 1 is 1.44 bits per heavy atom. The molecule has 0 saturated heterocycles. The number of nitro benzene ring substituents is 1. The van der Waals surface area contributed by atoms with Gasteiger partial charge in [-0.3, -0.25) is 10.1 Å². The summed E-state index contributed by atoms with van der Waals surface area (Å²) in [5, 5.41) is 14.6. The molecule has 1 aromatic carbocycles. The van der Waals surface area contributed by atoms with E-state index >= 15 is 0 Å². The summed E-state index contributed by atoms with van der Waals surface area (Å²) < 4.78 is -0.0765. The van der Waals surface area contributed by atoms with Gasteiger partial charge in [-0.05, 0) is 6.07 Å². The van der Waals surface area contributed by atoms with Gasteiger partial charge in [-0.15, -0.1) is 11.8 Å². The van der Waals surface area contributed by atoms with E-state index in [0.717, 1.165) is 0 Å². The average Bonchev–Trinajstić information content (AvgIpc) is 2.25. The summed E-state index contributed by atoms with van der Waals surface area (Å²) in [4.78, 5) is 15.9. The number of hydrogen-bond donors (Lipinski definition) is 0. The Hall–Kier alpha value is -1.56. The molecule has 0 aromatic heterocycles. The van der Waals surface area contributed by atoms with E-state index in [-0.39, 0.29) is 15.4 Å². The Labute approximate surface area is 110 Å². The van der Waals surface area contributed by atoms with E-state index in [9.17, 15) is 10.1 Å². The summed E-state index contributed by atoms with van der Waals surface area (Å²) in [6.07, 6.45) is 1.44. The van der Waals surface area contributed by atoms with E-state index < -0.39 is 0 Å². The van der Waals surface area contributed by atoms with Crippen molar-refractivity contribution >= 4 is 23.7 Å². The van der Waals surface area contributed by atoms with Crippen molar-refractivity contribution < 1.29 is 9.76 Å². The first-order chi connectivity index (χ1) is 8.33. The van der Waals surface area contributed by atoms with Crippen LogP contribution in [0.5, 0.6) is 0 Å². The van der Waals surface area contributed by atoms with Crippen LogP contribution >= 0.6 is 11.8 Å². The smallest absolute Gasteiger partial charge is 0.283 e. The molecule has 18 heavy (non-hydrogen) atoms. The molecule has 0 radical (unpaired) electrons. The highest BCUT2D eigenvalue weighted by Crippen LogP contribution is 2.37. The minimum Gasteiger partial charge on any atom is -0.399 e. The van der Waals surface area contributed by atoms with Crippen LogP contribution in [0.4, 0.5) is 5.69 Å². The van der Waals surface area contributed by atoms with Crippen LogP contribution in [0.3, 0.4) is 0 Å². The minimum absolute atomic E-state index is 0.0765. The summed E-state index contributed by atoms with van der Waals surface area (Å²) in [5.41, 5.74) is 0.733. The monoisotopic (exact) mass is 268 g/mol. The van der Waals surface area contributed by atoms with E-state index in [1.165, 1.54) is 31.2 Å². The quantitative estimate of drug-likeness (QED) is 0.363. The van der Waals surface area contributed by atoms with Gasteiger partial charge in [0.2, 0.25) is 0 Å². The molecule has 1 aromatic rings. The Balaban J connectivity index is 3.12. The van der Waals surface area contributed by atoms with Gasteiger partial charge in [0.15, 0.2) is 0 Å². The fourth-order valence-corrected chi connectivity index (χ4v) is 2.32. The average molecular weight is 268 g/mol. The van der Waals surface area contributed by atoms with Crippen LogP contribution in [0.1, 0.15) is 26.3 Å². The molecule has 0 atom stereocenters. The lowest BCUT2D eigenvalue weighted by atomic mass is 10.2. The molecule has 0 aliphatic heterocycles. The predicted octanol–water partition coefficient (Wildman–Crippen LogP) is 3.47. The fourth-order valence-electron chi connectivity index (χ4n) is 1.29. The maximum absolute atomic E-state index is 11.1. The molecular weight excluding hydrogens is 252 g/mol. The molecule has 0 bridgehead atoms. The maximum atomic E-state index is 11.1. The van der Waals surface area contributed by atoms with Crippen LogP contribution in [-0.2, 0) is 4.84 Å².